The lowest BCUT2D eigenvalue weighted by molar-refractivity contribution is -0.122. The number of nitrogens with zero attached hydrogens (tertiary/aromatic N) is 2. The summed E-state index contributed by atoms with van der Waals surface area (Å²) < 4.78 is 7.46. The van der Waals surface area contributed by atoms with Crippen LogP contribution in [0.2, 0.25) is 0 Å². The molecule has 1 amide bonds. The molecule has 0 spiro atoms. The van der Waals surface area contributed by atoms with Gasteiger partial charge in [0.2, 0.25) is 5.91 Å². The number of carbonyl (C=O) groups is 1. The molecule has 3 N–H and O–H groups in total. The second-order valence-electron chi connectivity index (χ2n) is 5.70. The highest BCUT2D eigenvalue weighted by molar-refractivity contribution is 5.82. The minimum absolute atomic E-state index is 0.166. The van der Waals surface area contributed by atoms with Gasteiger partial charge in [-0.2, -0.15) is 5.10 Å². The highest BCUT2D eigenvalue weighted by Gasteiger charge is 2.17. The molecule has 1 atom stereocenters. The van der Waals surface area contributed by atoms with Gasteiger partial charge in [-0.25, -0.2) is 0 Å². The van der Waals surface area contributed by atoms with Gasteiger partial charge in [-0.1, -0.05) is 19.3 Å². The molecule has 0 bridgehead atoms. The number of nitrogens with one attached hydrogen (secondary N) is 1. The van der Waals surface area contributed by atoms with Crippen molar-refractivity contribution in [3.8, 4) is 0 Å². The average molecular weight is 294 g/mol. The number of aromatic nitrogens is 2. The highest BCUT2D eigenvalue weighted by atomic mass is 16.5. The van der Waals surface area contributed by atoms with Crippen LogP contribution >= 0.6 is 0 Å². The predicted molar refractivity (Wildman–Crippen MR) is 80.6 cm³/mol. The van der Waals surface area contributed by atoms with Gasteiger partial charge in [-0.05, 0) is 19.3 Å². The van der Waals surface area contributed by atoms with Crippen LogP contribution in [0.4, 0.5) is 0 Å². The van der Waals surface area contributed by atoms with E-state index in [1.165, 1.54) is 32.1 Å². The molecule has 0 aromatic carbocycles. The molecule has 0 aliphatic heterocycles. The van der Waals surface area contributed by atoms with Crippen LogP contribution in [0.25, 0.3) is 0 Å². The van der Waals surface area contributed by atoms with E-state index in [1.54, 1.807) is 24.1 Å². The molecule has 1 aromatic rings. The Balaban J connectivity index is 1.58. The maximum absolute atomic E-state index is 11.9. The summed E-state index contributed by atoms with van der Waals surface area (Å²) in [5.74, 6) is -0.166. The van der Waals surface area contributed by atoms with E-state index in [0.29, 0.717) is 19.3 Å². The summed E-state index contributed by atoms with van der Waals surface area (Å²) in [7, 11) is 1.80. The minimum Gasteiger partial charge on any atom is -0.378 e. The first-order valence-corrected chi connectivity index (χ1v) is 7.80. The fourth-order valence-electron chi connectivity index (χ4n) is 2.63. The molecule has 0 saturated heterocycles. The molecule has 21 heavy (non-hydrogen) atoms. The van der Waals surface area contributed by atoms with E-state index in [9.17, 15) is 4.79 Å². The van der Waals surface area contributed by atoms with Gasteiger partial charge >= 0.3 is 0 Å². The Labute approximate surface area is 126 Å². The summed E-state index contributed by atoms with van der Waals surface area (Å²) in [6.07, 6.45) is 10.9. The number of aryl methyl sites for hydroxylation is 1. The van der Waals surface area contributed by atoms with E-state index >= 15 is 0 Å². The van der Waals surface area contributed by atoms with Crippen molar-refractivity contribution in [1.82, 2.24) is 15.1 Å². The van der Waals surface area contributed by atoms with E-state index in [0.717, 1.165) is 12.0 Å². The number of hydrogen-bond acceptors (Lipinski definition) is 4. The number of rotatable bonds is 7. The van der Waals surface area contributed by atoms with E-state index in [4.69, 9.17) is 10.5 Å². The molecule has 1 unspecified atom stereocenters. The molecule has 1 heterocycles. The summed E-state index contributed by atoms with van der Waals surface area (Å²) in [4.78, 5) is 11.9. The SMILES string of the molecule is Cn1cc(C(N)C(=O)NCCCOC2CCCCC2)cn1. The third-order valence-corrected chi connectivity index (χ3v) is 3.89. The average Bonchev–Trinajstić information content (AvgIpc) is 2.93. The van der Waals surface area contributed by atoms with Crippen molar-refractivity contribution in [2.24, 2.45) is 12.8 Å². The Morgan fingerprint density at radius 2 is 2.29 bits per heavy atom. The summed E-state index contributed by atoms with van der Waals surface area (Å²) in [6, 6.07) is -0.655. The third-order valence-electron chi connectivity index (χ3n) is 3.89. The van der Waals surface area contributed by atoms with Crippen molar-refractivity contribution in [1.29, 1.82) is 0 Å². The van der Waals surface area contributed by atoms with Gasteiger partial charge in [-0.3, -0.25) is 9.48 Å². The molecule has 118 valence electrons. The first-order valence-electron chi connectivity index (χ1n) is 7.80. The number of amides is 1. The van der Waals surface area contributed by atoms with Crippen LogP contribution in [0.1, 0.15) is 50.1 Å². The second-order valence-corrected chi connectivity index (χ2v) is 5.70. The molecule has 1 saturated carbocycles. The van der Waals surface area contributed by atoms with Crippen molar-refractivity contribution >= 4 is 5.91 Å². The van der Waals surface area contributed by atoms with E-state index < -0.39 is 6.04 Å². The van der Waals surface area contributed by atoms with Gasteiger partial charge in [0.15, 0.2) is 0 Å². The first kappa shape index (κ1) is 16.0. The lowest BCUT2D eigenvalue weighted by Gasteiger charge is -2.22. The Hall–Kier alpha value is -1.40. The first-order chi connectivity index (χ1) is 10.2. The van der Waals surface area contributed by atoms with Crippen LogP contribution in [-0.2, 0) is 16.6 Å². The Morgan fingerprint density at radius 1 is 1.52 bits per heavy atom. The van der Waals surface area contributed by atoms with E-state index in [2.05, 4.69) is 10.4 Å². The Morgan fingerprint density at radius 3 is 2.95 bits per heavy atom. The topological polar surface area (TPSA) is 82.2 Å². The number of hydrogen-bond donors (Lipinski definition) is 2. The van der Waals surface area contributed by atoms with Crippen LogP contribution in [-0.4, -0.2) is 34.9 Å². The fourth-order valence-corrected chi connectivity index (χ4v) is 2.63. The normalized spacial score (nSPS) is 17.6. The van der Waals surface area contributed by atoms with Crippen LogP contribution in [0.15, 0.2) is 12.4 Å². The van der Waals surface area contributed by atoms with Gasteiger partial charge in [0, 0.05) is 32.0 Å². The molecule has 6 heteroatoms. The van der Waals surface area contributed by atoms with Crippen molar-refractivity contribution < 1.29 is 9.53 Å². The van der Waals surface area contributed by atoms with Gasteiger partial charge < -0.3 is 15.8 Å². The van der Waals surface area contributed by atoms with Crippen molar-refractivity contribution in [2.75, 3.05) is 13.2 Å². The third kappa shape index (κ3) is 5.13. The zero-order chi connectivity index (χ0) is 15.1. The molecule has 2 rings (SSSR count). The van der Waals surface area contributed by atoms with Gasteiger partial charge in [0.05, 0.1) is 12.3 Å². The van der Waals surface area contributed by atoms with Gasteiger partial charge in [0.25, 0.3) is 0 Å². The van der Waals surface area contributed by atoms with Crippen LogP contribution in [0.5, 0.6) is 0 Å². The summed E-state index contributed by atoms with van der Waals surface area (Å²) >= 11 is 0. The molecule has 1 aliphatic carbocycles. The number of nitrogens with two attached hydrogens (primary N) is 1. The largest absolute Gasteiger partial charge is 0.378 e. The lowest BCUT2D eigenvalue weighted by atomic mass is 9.98. The standard InChI is InChI=1S/C15H26N4O2/c1-19-11-12(10-18-19)14(16)15(20)17-8-5-9-21-13-6-3-2-4-7-13/h10-11,13-14H,2-9,16H2,1H3,(H,17,20). The van der Waals surface area contributed by atoms with E-state index in [-0.39, 0.29) is 5.91 Å². The number of ether oxygens (including phenoxy) is 1. The van der Waals surface area contributed by atoms with Crippen LogP contribution < -0.4 is 11.1 Å². The number of carbonyl (C=O) groups excluding carboxylic acids is 1. The molecule has 1 aromatic heterocycles. The van der Waals surface area contributed by atoms with Gasteiger partial charge in [-0.15, -0.1) is 0 Å². The van der Waals surface area contributed by atoms with Crippen LogP contribution in [0.3, 0.4) is 0 Å². The molecule has 6 nitrogen and oxygen atoms in total. The second kappa shape index (κ2) is 8.14. The van der Waals surface area contributed by atoms with Crippen molar-refractivity contribution in [3.63, 3.8) is 0 Å². The zero-order valence-corrected chi connectivity index (χ0v) is 12.8. The smallest absolute Gasteiger partial charge is 0.241 e. The molecule has 1 aliphatic rings. The Kier molecular flexibility index (Phi) is 6.20. The Bertz CT molecular complexity index is 441. The fraction of sp³-hybridized carbons (Fsp3) is 0.733. The summed E-state index contributed by atoms with van der Waals surface area (Å²) in [5.41, 5.74) is 6.62. The zero-order valence-electron chi connectivity index (χ0n) is 12.8. The summed E-state index contributed by atoms with van der Waals surface area (Å²) in [6.45, 7) is 1.30. The lowest BCUT2D eigenvalue weighted by Crippen LogP contribution is -2.35. The predicted octanol–water partition coefficient (Wildman–Crippen LogP) is 1.28. The quantitative estimate of drug-likeness (QED) is 0.742. The molecule has 1 fully saturated rings. The summed E-state index contributed by atoms with van der Waals surface area (Å²) in [5, 5.41) is 6.87. The van der Waals surface area contributed by atoms with Gasteiger partial charge in [0.1, 0.15) is 6.04 Å². The van der Waals surface area contributed by atoms with Crippen molar-refractivity contribution in [3.05, 3.63) is 18.0 Å². The monoisotopic (exact) mass is 294 g/mol. The highest BCUT2D eigenvalue weighted by Crippen LogP contribution is 2.20. The molecular formula is C15H26N4O2. The molecular weight excluding hydrogens is 268 g/mol. The maximum atomic E-state index is 11.9. The maximum Gasteiger partial charge on any atom is 0.241 e. The minimum atomic E-state index is -0.655. The molecule has 0 radical (unpaired) electrons. The van der Waals surface area contributed by atoms with Crippen LogP contribution in [0, 0.1) is 0 Å². The van der Waals surface area contributed by atoms with Crippen molar-refractivity contribution in [2.45, 2.75) is 50.7 Å². The van der Waals surface area contributed by atoms with E-state index in [1.807, 2.05) is 0 Å².